The molecule has 6 heteroatoms. The van der Waals surface area contributed by atoms with E-state index >= 15 is 0 Å². The Morgan fingerprint density at radius 3 is 2.26 bits per heavy atom. The lowest BCUT2D eigenvalue weighted by molar-refractivity contribution is 0.0678. The highest BCUT2D eigenvalue weighted by Crippen LogP contribution is 2.37. The Morgan fingerprint density at radius 2 is 1.70 bits per heavy atom. The minimum atomic E-state index is -0.238. The molecule has 0 radical (unpaired) electrons. The second-order valence-electron chi connectivity index (χ2n) is 6.78. The normalized spacial score (nSPS) is 16.7. The maximum absolute atomic E-state index is 13.2. The first-order valence-corrected chi connectivity index (χ1v) is 9.11. The molecule has 1 aliphatic rings. The molecule has 1 fully saturated rings. The zero-order chi connectivity index (χ0) is 19.2. The summed E-state index contributed by atoms with van der Waals surface area (Å²) >= 11 is 0. The van der Waals surface area contributed by atoms with Gasteiger partial charge in [-0.3, -0.25) is 4.90 Å². The van der Waals surface area contributed by atoms with E-state index < -0.39 is 0 Å². The van der Waals surface area contributed by atoms with Crippen molar-refractivity contribution >= 4 is 0 Å². The predicted octanol–water partition coefficient (Wildman–Crippen LogP) is 3.73. The monoisotopic (exact) mass is 375 g/mol. The molecule has 1 atom stereocenters. The van der Waals surface area contributed by atoms with Gasteiger partial charge in [-0.05, 0) is 48.2 Å². The minimum absolute atomic E-state index is 0.00652. The molecule has 146 valence electrons. The Morgan fingerprint density at radius 1 is 1.07 bits per heavy atom. The summed E-state index contributed by atoms with van der Waals surface area (Å²) in [6.45, 7) is 2.88. The first-order chi connectivity index (χ1) is 13.1. The molecule has 1 unspecified atom stereocenters. The Labute approximate surface area is 159 Å². The third-order valence-corrected chi connectivity index (χ3v) is 4.75. The minimum Gasteiger partial charge on any atom is -0.502 e. The molecule has 1 N–H and O–H groups in total. The van der Waals surface area contributed by atoms with Crippen LogP contribution in [0.1, 0.15) is 24.0 Å². The van der Waals surface area contributed by atoms with Crippen LogP contribution < -0.4 is 9.47 Å². The van der Waals surface area contributed by atoms with Crippen LogP contribution in [0.25, 0.3) is 0 Å². The van der Waals surface area contributed by atoms with Crippen molar-refractivity contribution in [3.63, 3.8) is 0 Å². The first kappa shape index (κ1) is 19.5. The number of nitrogens with zero attached hydrogens (tertiary/aromatic N) is 1. The molecule has 0 spiro atoms. The topological polar surface area (TPSA) is 51.2 Å². The number of hydrogen-bond donors (Lipinski definition) is 1. The van der Waals surface area contributed by atoms with Gasteiger partial charge in [-0.1, -0.05) is 12.1 Å². The molecule has 1 saturated heterocycles. The number of hydrogen-bond acceptors (Lipinski definition) is 5. The second-order valence-corrected chi connectivity index (χ2v) is 6.78. The lowest BCUT2D eigenvalue weighted by Crippen LogP contribution is -2.31. The smallest absolute Gasteiger partial charge is 0.200 e. The van der Waals surface area contributed by atoms with Crippen LogP contribution in [0.2, 0.25) is 0 Å². The highest BCUT2D eigenvalue weighted by atomic mass is 19.1. The van der Waals surface area contributed by atoms with Gasteiger partial charge in [0, 0.05) is 26.2 Å². The zero-order valence-electron chi connectivity index (χ0n) is 15.8. The molecule has 0 aromatic heterocycles. The number of halogens is 1. The molecule has 0 aliphatic carbocycles. The van der Waals surface area contributed by atoms with E-state index in [9.17, 15) is 9.50 Å². The molecule has 2 aromatic rings. The van der Waals surface area contributed by atoms with E-state index in [1.165, 1.54) is 26.4 Å². The van der Waals surface area contributed by atoms with E-state index in [0.29, 0.717) is 24.6 Å². The van der Waals surface area contributed by atoms with E-state index in [4.69, 9.17) is 14.2 Å². The number of rotatable bonds is 8. The molecule has 0 bridgehead atoms. The van der Waals surface area contributed by atoms with E-state index in [0.717, 1.165) is 37.1 Å². The summed E-state index contributed by atoms with van der Waals surface area (Å²) in [5.74, 6) is 0.511. The van der Waals surface area contributed by atoms with E-state index in [1.807, 2.05) is 12.1 Å². The fourth-order valence-corrected chi connectivity index (χ4v) is 3.41. The van der Waals surface area contributed by atoms with E-state index in [2.05, 4.69) is 4.90 Å². The number of aromatic hydroxyl groups is 1. The van der Waals surface area contributed by atoms with Crippen LogP contribution in [0.5, 0.6) is 17.2 Å². The summed E-state index contributed by atoms with van der Waals surface area (Å²) < 4.78 is 29.5. The number of methoxy groups -OCH3 is 2. The van der Waals surface area contributed by atoms with Gasteiger partial charge >= 0.3 is 0 Å². The van der Waals surface area contributed by atoms with E-state index in [-0.39, 0.29) is 17.7 Å². The van der Waals surface area contributed by atoms with Crippen LogP contribution in [0, 0.1) is 5.82 Å². The maximum Gasteiger partial charge on any atom is 0.200 e. The summed E-state index contributed by atoms with van der Waals surface area (Å²) in [5.41, 5.74) is 1.99. The summed E-state index contributed by atoms with van der Waals surface area (Å²) in [6.07, 6.45) is 2.32. The number of ether oxygens (including phenoxy) is 3. The molecule has 2 aromatic carbocycles. The number of benzene rings is 2. The molecule has 3 rings (SSSR count). The predicted molar refractivity (Wildman–Crippen MR) is 101 cm³/mol. The van der Waals surface area contributed by atoms with Crippen molar-refractivity contribution in [2.24, 2.45) is 0 Å². The van der Waals surface area contributed by atoms with Crippen molar-refractivity contribution in [2.45, 2.75) is 32.0 Å². The Balaban J connectivity index is 1.80. The summed E-state index contributed by atoms with van der Waals surface area (Å²) in [4.78, 5) is 2.26. The average molecular weight is 375 g/mol. The highest BCUT2D eigenvalue weighted by molar-refractivity contribution is 5.52. The van der Waals surface area contributed by atoms with Crippen LogP contribution in [0.4, 0.5) is 4.39 Å². The van der Waals surface area contributed by atoms with Crippen LogP contribution in [-0.2, 0) is 17.8 Å². The summed E-state index contributed by atoms with van der Waals surface area (Å²) in [6, 6.07) is 10.2. The summed E-state index contributed by atoms with van der Waals surface area (Å²) in [7, 11) is 3.03. The standard InChI is InChI=1S/C21H26FNO4/c1-25-19-10-16(11-20(26-2)21(19)24)13-23(14-18-4-3-9-27-18)12-15-5-7-17(22)8-6-15/h5-8,10-11,18,24H,3-4,9,12-14H2,1-2H3. The van der Waals surface area contributed by atoms with Gasteiger partial charge in [0.2, 0.25) is 5.75 Å². The van der Waals surface area contributed by atoms with Gasteiger partial charge in [-0.2, -0.15) is 0 Å². The third-order valence-electron chi connectivity index (χ3n) is 4.75. The maximum atomic E-state index is 13.2. The molecule has 1 aliphatic heterocycles. The molecular formula is C21H26FNO4. The van der Waals surface area contributed by atoms with Gasteiger partial charge in [0.15, 0.2) is 11.5 Å². The van der Waals surface area contributed by atoms with Crippen LogP contribution >= 0.6 is 0 Å². The summed E-state index contributed by atoms with van der Waals surface area (Å²) in [5, 5.41) is 10.1. The molecular weight excluding hydrogens is 349 g/mol. The molecule has 0 saturated carbocycles. The fourth-order valence-electron chi connectivity index (χ4n) is 3.41. The van der Waals surface area contributed by atoms with Crippen molar-refractivity contribution in [2.75, 3.05) is 27.4 Å². The van der Waals surface area contributed by atoms with Crippen molar-refractivity contribution in [1.29, 1.82) is 0 Å². The van der Waals surface area contributed by atoms with Gasteiger partial charge in [0.25, 0.3) is 0 Å². The zero-order valence-corrected chi connectivity index (χ0v) is 15.8. The molecule has 27 heavy (non-hydrogen) atoms. The first-order valence-electron chi connectivity index (χ1n) is 9.11. The lowest BCUT2D eigenvalue weighted by atomic mass is 10.1. The molecule has 5 nitrogen and oxygen atoms in total. The SMILES string of the molecule is COc1cc(CN(Cc2ccc(F)cc2)CC2CCCO2)cc(OC)c1O. The van der Waals surface area contributed by atoms with Crippen LogP contribution in [-0.4, -0.2) is 43.5 Å². The van der Waals surface area contributed by atoms with Gasteiger partial charge in [-0.15, -0.1) is 0 Å². The second kappa shape index (κ2) is 9.06. The Kier molecular flexibility index (Phi) is 6.53. The highest BCUT2D eigenvalue weighted by Gasteiger charge is 2.21. The van der Waals surface area contributed by atoms with Gasteiger partial charge in [-0.25, -0.2) is 4.39 Å². The van der Waals surface area contributed by atoms with Crippen molar-refractivity contribution < 1.29 is 23.7 Å². The van der Waals surface area contributed by atoms with Crippen molar-refractivity contribution in [3.05, 3.63) is 53.3 Å². The molecule has 1 heterocycles. The number of phenolic OH excluding ortho intramolecular Hbond substituents is 1. The van der Waals surface area contributed by atoms with Gasteiger partial charge in [0.05, 0.1) is 20.3 Å². The van der Waals surface area contributed by atoms with Crippen molar-refractivity contribution in [1.82, 2.24) is 4.90 Å². The number of phenols is 1. The Hall–Kier alpha value is -2.31. The van der Waals surface area contributed by atoms with E-state index in [1.54, 1.807) is 12.1 Å². The lowest BCUT2D eigenvalue weighted by Gasteiger charge is -2.26. The third kappa shape index (κ3) is 5.11. The van der Waals surface area contributed by atoms with Gasteiger partial charge < -0.3 is 19.3 Å². The van der Waals surface area contributed by atoms with Crippen molar-refractivity contribution in [3.8, 4) is 17.2 Å². The Bertz CT molecular complexity index is 719. The van der Waals surface area contributed by atoms with Crippen LogP contribution in [0.15, 0.2) is 36.4 Å². The average Bonchev–Trinajstić information content (AvgIpc) is 3.17. The van der Waals surface area contributed by atoms with Crippen LogP contribution in [0.3, 0.4) is 0 Å². The quantitative estimate of drug-likeness (QED) is 0.762. The fraction of sp³-hybridized carbons (Fsp3) is 0.429. The largest absolute Gasteiger partial charge is 0.502 e. The van der Waals surface area contributed by atoms with Gasteiger partial charge in [0.1, 0.15) is 5.82 Å². The molecule has 0 amide bonds.